The molecule has 0 N–H and O–H groups in total. The quantitative estimate of drug-likeness (QED) is 0.222. The third kappa shape index (κ3) is 1.72. The predicted molar refractivity (Wildman–Crippen MR) is 101 cm³/mol. The van der Waals surface area contributed by atoms with Crippen molar-refractivity contribution in [1.29, 1.82) is 0 Å². The van der Waals surface area contributed by atoms with Crippen molar-refractivity contribution in [2.24, 2.45) is 0 Å². The van der Waals surface area contributed by atoms with Crippen molar-refractivity contribution in [2.75, 3.05) is 0 Å². The fraction of sp³-hybridized carbons (Fsp3) is 0.0435. The summed E-state index contributed by atoms with van der Waals surface area (Å²) in [5.41, 5.74) is 1.34. The average Bonchev–Trinajstić information content (AvgIpc) is 2.60. The van der Waals surface area contributed by atoms with Crippen LogP contribution < -0.4 is 0 Å². The summed E-state index contributed by atoms with van der Waals surface area (Å²) in [7, 11) is 0. The summed E-state index contributed by atoms with van der Waals surface area (Å²) >= 11 is 0. The van der Waals surface area contributed by atoms with Gasteiger partial charge in [-0.3, -0.25) is 0 Å². The lowest BCUT2D eigenvalue weighted by molar-refractivity contribution is 1.55. The second-order valence-corrected chi connectivity index (χ2v) is 6.29. The molecular weight excluding hydrogens is 276 g/mol. The van der Waals surface area contributed by atoms with Crippen LogP contribution in [0.5, 0.6) is 0 Å². The Labute approximate surface area is 135 Å². The van der Waals surface area contributed by atoms with Gasteiger partial charge in [0.1, 0.15) is 0 Å². The highest BCUT2D eigenvalue weighted by atomic mass is 14.1. The summed E-state index contributed by atoms with van der Waals surface area (Å²) in [6.07, 6.45) is 0. The lowest BCUT2D eigenvalue weighted by Gasteiger charge is -2.13. The molecule has 0 spiro atoms. The summed E-state index contributed by atoms with van der Waals surface area (Å²) in [4.78, 5) is 0. The van der Waals surface area contributed by atoms with Crippen molar-refractivity contribution >= 4 is 43.1 Å². The summed E-state index contributed by atoms with van der Waals surface area (Å²) in [6, 6.07) is 28.7. The Bertz CT molecular complexity index is 1210. The average molecular weight is 292 g/mol. The SMILES string of the molecule is Cc1cccc2c3cc4ccccc4cc3c3ccccc3c12. The van der Waals surface area contributed by atoms with Crippen LogP contribution in [0.25, 0.3) is 43.1 Å². The molecule has 5 aromatic carbocycles. The zero-order valence-electron chi connectivity index (χ0n) is 13.0. The Kier molecular flexibility index (Phi) is 2.51. The molecule has 0 fully saturated rings. The van der Waals surface area contributed by atoms with Crippen molar-refractivity contribution in [1.82, 2.24) is 0 Å². The van der Waals surface area contributed by atoms with Gasteiger partial charge in [0.2, 0.25) is 0 Å². The maximum atomic E-state index is 2.35. The van der Waals surface area contributed by atoms with Crippen LogP contribution in [0.4, 0.5) is 0 Å². The first kappa shape index (κ1) is 12.7. The van der Waals surface area contributed by atoms with Gasteiger partial charge >= 0.3 is 0 Å². The van der Waals surface area contributed by atoms with Gasteiger partial charge in [-0.2, -0.15) is 0 Å². The molecule has 0 aliphatic heterocycles. The number of aryl methyl sites for hydroxylation is 1. The third-order valence-corrected chi connectivity index (χ3v) is 4.94. The second-order valence-electron chi connectivity index (χ2n) is 6.29. The molecule has 0 unspecified atom stereocenters. The van der Waals surface area contributed by atoms with E-state index in [4.69, 9.17) is 0 Å². The van der Waals surface area contributed by atoms with Crippen molar-refractivity contribution < 1.29 is 0 Å². The van der Waals surface area contributed by atoms with E-state index in [1.165, 1.54) is 48.7 Å². The highest BCUT2D eigenvalue weighted by Gasteiger charge is 2.10. The zero-order valence-corrected chi connectivity index (χ0v) is 13.0. The van der Waals surface area contributed by atoms with Crippen molar-refractivity contribution in [3.63, 3.8) is 0 Å². The molecule has 0 heteroatoms. The Balaban J connectivity index is 2.18. The van der Waals surface area contributed by atoms with Crippen molar-refractivity contribution in [2.45, 2.75) is 6.92 Å². The molecule has 5 aromatic rings. The van der Waals surface area contributed by atoms with Gasteiger partial charge in [-0.15, -0.1) is 0 Å². The second kappa shape index (κ2) is 4.57. The Morgan fingerprint density at radius 2 is 1.00 bits per heavy atom. The molecule has 5 rings (SSSR count). The minimum Gasteiger partial charge on any atom is -0.0616 e. The normalized spacial score (nSPS) is 11.7. The molecule has 0 heterocycles. The summed E-state index contributed by atoms with van der Waals surface area (Å²) in [5.74, 6) is 0. The first-order valence-electron chi connectivity index (χ1n) is 8.05. The first-order valence-corrected chi connectivity index (χ1v) is 8.05. The molecule has 0 bridgehead atoms. The summed E-state index contributed by atoms with van der Waals surface area (Å²) < 4.78 is 0. The van der Waals surface area contributed by atoms with Gasteiger partial charge in [0.15, 0.2) is 0 Å². The highest BCUT2D eigenvalue weighted by Crippen LogP contribution is 2.38. The minimum absolute atomic E-state index is 1.30. The first-order chi connectivity index (χ1) is 11.3. The summed E-state index contributed by atoms with van der Waals surface area (Å²) in [6.45, 7) is 2.21. The molecule has 0 atom stereocenters. The van der Waals surface area contributed by atoms with Crippen LogP contribution in [0.3, 0.4) is 0 Å². The fourth-order valence-corrected chi connectivity index (χ4v) is 3.87. The third-order valence-electron chi connectivity index (χ3n) is 4.94. The van der Waals surface area contributed by atoms with Crippen LogP contribution in [0, 0.1) is 6.92 Å². The molecule has 0 nitrogen and oxygen atoms in total. The predicted octanol–water partition coefficient (Wildman–Crippen LogP) is 6.61. The van der Waals surface area contributed by atoms with Gasteiger partial charge in [-0.1, -0.05) is 66.7 Å². The largest absolute Gasteiger partial charge is 0.0616 e. The molecule has 23 heavy (non-hydrogen) atoms. The van der Waals surface area contributed by atoms with E-state index in [0.29, 0.717) is 0 Å². The molecule has 0 saturated heterocycles. The molecule has 108 valence electrons. The Morgan fingerprint density at radius 3 is 1.74 bits per heavy atom. The molecule has 0 saturated carbocycles. The standard InChI is InChI=1S/C23H16/c1-15-7-6-12-20-22-14-17-9-3-2-8-16(17)13-21(22)18-10-4-5-11-19(18)23(15)20/h2-14H,1H3. The van der Waals surface area contributed by atoms with Crippen LogP contribution in [-0.4, -0.2) is 0 Å². The lowest BCUT2D eigenvalue weighted by Crippen LogP contribution is -1.86. The lowest BCUT2D eigenvalue weighted by atomic mass is 9.90. The van der Waals surface area contributed by atoms with Crippen LogP contribution in [0.2, 0.25) is 0 Å². The monoisotopic (exact) mass is 292 g/mol. The van der Waals surface area contributed by atoms with Crippen LogP contribution in [0.15, 0.2) is 78.9 Å². The van der Waals surface area contributed by atoms with E-state index >= 15 is 0 Å². The number of rotatable bonds is 0. The van der Waals surface area contributed by atoms with E-state index in [-0.39, 0.29) is 0 Å². The van der Waals surface area contributed by atoms with E-state index in [1.807, 2.05) is 0 Å². The van der Waals surface area contributed by atoms with E-state index in [0.717, 1.165) is 0 Å². The van der Waals surface area contributed by atoms with E-state index in [2.05, 4.69) is 85.8 Å². The van der Waals surface area contributed by atoms with Crippen molar-refractivity contribution in [3.8, 4) is 0 Å². The van der Waals surface area contributed by atoms with Gasteiger partial charge in [0, 0.05) is 0 Å². The maximum Gasteiger partial charge on any atom is -0.00697 e. The van der Waals surface area contributed by atoms with Gasteiger partial charge in [0.25, 0.3) is 0 Å². The summed E-state index contributed by atoms with van der Waals surface area (Å²) in [5, 5.41) is 10.7. The topological polar surface area (TPSA) is 0 Å². The van der Waals surface area contributed by atoms with E-state index in [1.54, 1.807) is 0 Å². The van der Waals surface area contributed by atoms with Gasteiger partial charge in [0.05, 0.1) is 0 Å². The molecule has 0 aliphatic rings. The smallest absolute Gasteiger partial charge is 0.00697 e. The molecule has 0 amide bonds. The fourth-order valence-electron chi connectivity index (χ4n) is 3.87. The number of fused-ring (bicyclic) bond motifs is 7. The molecule has 0 aromatic heterocycles. The molecule has 0 radical (unpaired) electrons. The van der Waals surface area contributed by atoms with Gasteiger partial charge in [-0.25, -0.2) is 0 Å². The molecule has 0 aliphatic carbocycles. The van der Waals surface area contributed by atoms with Crippen LogP contribution in [-0.2, 0) is 0 Å². The Morgan fingerprint density at radius 1 is 0.478 bits per heavy atom. The van der Waals surface area contributed by atoms with Gasteiger partial charge in [-0.05, 0) is 67.7 Å². The van der Waals surface area contributed by atoms with Crippen molar-refractivity contribution in [3.05, 3.63) is 84.4 Å². The van der Waals surface area contributed by atoms with E-state index < -0.39 is 0 Å². The van der Waals surface area contributed by atoms with Gasteiger partial charge < -0.3 is 0 Å². The Hall–Kier alpha value is -2.86. The zero-order chi connectivity index (χ0) is 15.4. The molecular formula is C23H16. The highest BCUT2D eigenvalue weighted by molar-refractivity contribution is 6.27. The van der Waals surface area contributed by atoms with E-state index in [9.17, 15) is 0 Å². The minimum atomic E-state index is 1.30. The van der Waals surface area contributed by atoms with Crippen LogP contribution >= 0.6 is 0 Å². The number of benzene rings is 5. The maximum absolute atomic E-state index is 2.35. The number of hydrogen-bond donors (Lipinski definition) is 0. The number of hydrogen-bond acceptors (Lipinski definition) is 0. The van der Waals surface area contributed by atoms with Crippen LogP contribution in [0.1, 0.15) is 5.56 Å².